The molecule has 35 heavy (non-hydrogen) atoms. The topological polar surface area (TPSA) is 200 Å². The van der Waals surface area contributed by atoms with Gasteiger partial charge in [0, 0.05) is 0 Å². The third kappa shape index (κ3) is 51.9. The van der Waals surface area contributed by atoms with Gasteiger partial charge in [0.15, 0.2) is 0 Å². The zero-order valence-corrected chi connectivity index (χ0v) is 24.8. The fourth-order valence-corrected chi connectivity index (χ4v) is 3.66. The fourth-order valence-electron chi connectivity index (χ4n) is 2.71. The molecule has 0 bridgehead atoms. The highest BCUT2D eigenvalue weighted by atomic mass is 32.5. The van der Waals surface area contributed by atoms with Crippen molar-refractivity contribution < 1.29 is 33.2 Å². The van der Waals surface area contributed by atoms with Gasteiger partial charge in [0.25, 0.3) is 7.82 Å². The maximum atomic E-state index is 10.4. The summed E-state index contributed by atoms with van der Waals surface area (Å²) < 4.78 is 18.7. The normalized spacial score (nSPS) is 14.7. The molecule has 0 heterocycles. The van der Waals surface area contributed by atoms with Crippen molar-refractivity contribution in [3.8, 4) is 0 Å². The van der Waals surface area contributed by atoms with E-state index in [1.165, 1.54) is 32.1 Å². The Kier molecular flexibility index (Phi) is 29.9. The van der Waals surface area contributed by atoms with Crippen molar-refractivity contribution in [1.29, 1.82) is 0 Å². The van der Waals surface area contributed by atoms with Crippen LogP contribution in [0.5, 0.6) is 0 Å². The molecular weight excluding hydrogens is 512 g/mol. The number of rotatable bonds is 19. The van der Waals surface area contributed by atoms with Crippen LogP contribution < -0.4 is 27.0 Å². The zero-order chi connectivity index (χ0) is 27.6. The first kappa shape index (κ1) is 40.0. The maximum absolute atomic E-state index is 10.4. The van der Waals surface area contributed by atoms with Gasteiger partial charge < -0.3 is 45.8 Å². The molecular formula is C22H53N3O7P2S-2. The number of phosphoric ester groups is 1. The molecule has 2 unspecified atom stereocenters. The SMILES string of the molecule is CC(C)(C)CCCCCCN.NCCCCCCOP(=O)([O-])O.NCCCCCCOP([O-])(O)=S. The summed E-state index contributed by atoms with van der Waals surface area (Å²) in [6, 6.07) is 0. The molecule has 0 aromatic carbocycles. The number of unbranched alkanes of at least 4 members (excludes halogenated alkanes) is 9. The van der Waals surface area contributed by atoms with Gasteiger partial charge in [0.2, 0.25) is 0 Å². The summed E-state index contributed by atoms with van der Waals surface area (Å²) in [5.74, 6) is 0. The molecule has 0 spiro atoms. The summed E-state index contributed by atoms with van der Waals surface area (Å²) in [6.07, 6.45) is 13.7. The average molecular weight is 566 g/mol. The molecule has 0 amide bonds. The van der Waals surface area contributed by atoms with Gasteiger partial charge in [0.05, 0.1) is 13.2 Å². The first-order valence-electron chi connectivity index (χ1n) is 12.7. The molecule has 0 saturated carbocycles. The Labute approximate surface area is 219 Å². The van der Waals surface area contributed by atoms with Crippen molar-refractivity contribution in [2.75, 3.05) is 32.8 Å². The van der Waals surface area contributed by atoms with E-state index in [1.54, 1.807) is 0 Å². The Balaban J connectivity index is -0.000000439. The predicted molar refractivity (Wildman–Crippen MR) is 145 cm³/mol. The standard InChI is InChI=1S/C10H23N.C6H16NO4P.C6H16NO3PS/c1-10(2,3)8-6-4-5-7-9-11;7-5-3-1-2-4-6-11-12(8,9)10;7-5-3-1-2-4-6-10-11(8,9)12/h4-9,11H2,1-3H3;1-7H2,(H2,8,9,10);1-7H2,(H2,8,9,12)/p-2. The Hall–Kier alpha value is 0.520. The van der Waals surface area contributed by atoms with Crippen molar-refractivity contribution in [1.82, 2.24) is 0 Å². The summed E-state index contributed by atoms with van der Waals surface area (Å²) in [5.41, 5.74) is 16.4. The Morgan fingerprint density at radius 3 is 1.34 bits per heavy atom. The van der Waals surface area contributed by atoms with E-state index < -0.39 is 14.5 Å². The summed E-state index contributed by atoms with van der Waals surface area (Å²) in [5, 5.41) is 0. The zero-order valence-electron chi connectivity index (χ0n) is 22.2. The molecule has 0 rings (SSSR count). The van der Waals surface area contributed by atoms with E-state index in [2.05, 4.69) is 41.6 Å². The van der Waals surface area contributed by atoms with Gasteiger partial charge in [-0.05, 0) is 63.6 Å². The molecule has 0 fully saturated rings. The van der Waals surface area contributed by atoms with Crippen LogP contribution in [-0.2, 0) is 25.4 Å². The monoisotopic (exact) mass is 565 g/mol. The average Bonchev–Trinajstić information content (AvgIpc) is 2.72. The van der Waals surface area contributed by atoms with Crippen molar-refractivity contribution in [2.24, 2.45) is 22.6 Å². The molecule has 0 aromatic rings. The van der Waals surface area contributed by atoms with E-state index in [0.717, 1.165) is 51.5 Å². The van der Waals surface area contributed by atoms with Gasteiger partial charge in [-0.15, -0.1) is 0 Å². The van der Waals surface area contributed by atoms with E-state index in [1.807, 2.05) is 0 Å². The predicted octanol–water partition coefficient (Wildman–Crippen LogP) is 3.02. The molecule has 0 aromatic heterocycles. The second-order valence-corrected chi connectivity index (χ2v) is 13.3. The lowest BCUT2D eigenvalue weighted by Crippen LogP contribution is -2.04. The van der Waals surface area contributed by atoms with Gasteiger partial charge in [-0.3, -0.25) is 4.57 Å². The highest BCUT2D eigenvalue weighted by Gasteiger charge is 2.08. The minimum Gasteiger partial charge on any atom is -0.780 e. The van der Waals surface area contributed by atoms with Crippen molar-refractivity contribution in [3.05, 3.63) is 0 Å². The first-order chi connectivity index (χ1) is 16.2. The van der Waals surface area contributed by atoms with Crippen LogP contribution in [-0.4, -0.2) is 42.6 Å². The van der Waals surface area contributed by atoms with Gasteiger partial charge in [-0.25, -0.2) is 0 Å². The minimum absolute atomic E-state index is 0.0574. The first-order valence-corrected chi connectivity index (χ1v) is 16.7. The highest BCUT2D eigenvalue weighted by molar-refractivity contribution is 8.06. The quantitative estimate of drug-likeness (QED) is 0.114. The largest absolute Gasteiger partial charge is 0.780 e. The number of nitrogens with two attached hydrogens (primary N) is 3. The second-order valence-electron chi connectivity index (χ2n) is 9.52. The van der Waals surface area contributed by atoms with Crippen molar-refractivity contribution in [2.45, 2.75) is 104 Å². The van der Waals surface area contributed by atoms with Crippen LogP contribution in [0, 0.1) is 5.41 Å². The Morgan fingerprint density at radius 1 is 0.686 bits per heavy atom. The minimum atomic E-state index is -4.50. The van der Waals surface area contributed by atoms with Crippen LogP contribution in [0.1, 0.15) is 104 Å². The van der Waals surface area contributed by atoms with Crippen LogP contribution in [0.3, 0.4) is 0 Å². The van der Waals surface area contributed by atoms with Crippen LogP contribution in [0.2, 0.25) is 0 Å². The summed E-state index contributed by atoms with van der Waals surface area (Å²) >= 11 is 4.15. The Bertz CT molecular complexity index is 496. The van der Waals surface area contributed by atoms with E-state index in [-0.39, 0.29) is 13.2 Å². The smallest absolute Gasteiger partial charge is 0.265 e. The molecule has 0 aliphatic carbocycles. The number of hydrogen-bond acceptors (Lipinski definition) is 9. The molecule has 0 radical (unpaired) electrons. The summed E-state index contributed by atoms with van der Waals surface area (Å²) in [4.78, 5) is 37.2. The molecule has 8 N–H and O–H groups in total. The van der Waals surface area contributed by atoms with Crippen LogP contribution >= 0.6 is 14.5 Å². The van der Waals surface area contributed by atoms with Gasteiger partial charge >= 0.3 is 0 Å². The van der Waals surface area contributed by atoms with Crippen molar-refractivity contribution >= 4 is 26.3 Å². The lowest BCUT2D eigenvalue weighted by atomic mass is 9.89. The van der Waals surface area contributed by atoms with E-state index >= 15 is 0 Å². The third-order valence-corrected chi connectivity index (χ3v) is 5.92. The molecule has 0 saturated heterocycles. The van der Waals surface area contributed by atoms with E-state index in [4.69, 9.17) is 27.0 Å². The summed E-state index contributed by atoms with van der Waals surface area (Å²) in [7, 11) is -4.50. The maximum Gasteiger partial charge on any atom is 0.265 e. The highest BCUT2D eigenvalue weighted by Crippen LogP contribution is 2.31. The lowest BCUT2D eigenvalue weighted by molar-refractivity contribution is -0.220. The Morgan fingerprint density at radius 2 is 1.03 bits per heavy atom. The van der Waals surface area contributed by atoms with Gasteiger partial charge in [-0.1, -0.05) is 77.5 Å². The lowest BCUT2D eigenvalue weighted by Gasteiger charge is -2.19. The molecule has 2 atom stereocenters. The molecule has 10 nitrogen and oxygen atoms in total. The van der Waals surface area contributed by atoms with Gasteiger partial charge in [0.1, 0.15) is 6.72 Å². The summed E-state index contributed by atoms with van der Waals surface area (Å²) in [6.45, 7) is 5.77. The van der Waals surface area contributed by atoms with Crippen molar-refractivity contribution in [3.63, 3.8) is 0 Å². The molecule has 13 heteroatoms. The van der Waals surface area contributed by atoms with Crippen LogP contribution in [0.25, 0.3) is 0 Å². The second kappa shape index (κ2) is 26.1. The fraction of sp³-hybridized carbons (Fsp3) is 1.00. The third-order valence-electron chi connectivity index (χ3n) is 4.59. The van der Waals surface area contributed by atoms with E-state index in [0.29, 0.717) is 24.9 Å². The number of hydrogen-bond donors (Lipinski definition) is 5. The van der Waals surface area contributed by atoms with Crippen LogP contribution in [0.4, 0.5) is 0 Å². The van der Waals surface area contributed by atoms with E-state index in [9.17, 15) is 14.4 Å². The van der Waals surface area contributed by atoms with Gasteiger partial charge in [-0.2, -0.15) is 0 Å². The van der Waals surface area contributed by atoms with Crippen LogP contribution in [0.15, 0.2) is 0 Å². The number of phosphoric acid groups is 1. The molecule has 216 valence electrons. The molecule has 0 aliphatic heterocycles. The molecule has 0 aliphatic rings.